The molecule has 0 bridgehead atoms. The fourth-order valence-electron chi connectivity index (χ4n) is 1.28. The van der Waals surface area contributed by atoms with Gasteiger partial charge >= 0.3 is 17.9 Å². The zero-order valence-electron chi connectivity index (χ0n) is 9.65. The summed E-state index contributed by atoms with van der Waals surface area (Å²) in [7, 11) is 0. The van der Waals surface area contributed by atoms with E-state index in [2.05, 4.69) is 4.98 Å². The number of aliphatic carboxylic acids is 2. The summed E-state index contributed by atoms with van der Waals surface area (Å²) >= 11 is 0. The second-order valence-corrected chi connectivity index (χ2v) is 3.75. The molecule has 102 valence electrons. The summed E-state index contributed by atoms with van der Waals surface area (Å²) < 4.78 is 4.72. The Kier molecular flexibility index (Phi) is 4.54. The number of pyridine rings is 1. The Morgan fingerprint density at radius 3 is 2.42 bits per heavy atom. The molecule has 0 spiro atoms. The van der Waals surface area contributed by atoms with E-state index in [-0.39, 0.29) is 5.75 Å². The molecule has 8 nitrogen and oxygen atoms in total. The molecule has 1 aromatic rings. The second-order valence-electron chi connectivity index (χ2n) is 3.75. The molecule has 1 atom stereocenters. The number of carboxylic acid groups (broad SMARTS) is 2. The van der Waals surface area contributed by atoms with E-state index in [9.17, 15) is 19.5 Å². The lowest BCUT2D eigenvalue weighted by molar-refractivity contribution is -0.169. The van der Waals surface area contributed by atoms with Gasteiger partial charge in [-0.3, -0.25) is 14.6 Å². The molecule has 0 amide bonds. The fraction of sp³-hybridized carbons (Fsp3) is 0.273. The van der Waals surface area contributed by atoms with Crippen LogP contribution in [0.15, 0.2) is 24.5 Å². The second kappa shape index (κ2) is 5.91. The predicted octanol–water partition coefficient (Wildman–Crippen LogP) is -0.333. The Morgan fingerprint density at radius 1 is 1.26 bits per heavy atom. The first-order valence-corrected chi connectivity index (χ1v) is 5.12. The topological polar surface area (TPSA) is 134 Å². The predicted molar refractivity (Wildman–Crippen MR) is 59.3 cm³/mol. The van der Waals surface area contributed by atoms with Gasteiger partial charge in [0.15, 0.2) is 5.60 Å². The number of rotatable bonds is 6. The molecule has 19 heavy (non-hydrogen) atoms. The summed E-state index contributed by atoms with van der Waals surface area (Å²) in [6.07, 6.45) is 0.568. The molecule has 0 aliphatic rings. The summed E-state index contributed by atoms with van der Waals surface area (Å²) in [5.74, 6) is -4.35. The van der Waals surface area contributed by atoms with Crippen LogP contribution >= 0.6 is 0 Å². The highest BCUT2D eigenvalue weighted by Gasteiger charge is 2.41. The quantitative estimate of drug-likeness (QED) is 0.597. The van der Waals surface area contributed by atoms with E-state index >= 15 is 0 Å². The van der Waals surface area contributed by atoms with Crippen molar-refractivity contribution in [1.29, 1.82) is 0 Å². The van der Waals surface area contributed by atoms with Gasteiger partial charge in [-0.05, 0) is 12.1 Å². The Balaban J connectivity index is 2.72. The van der Waals surface area contributed by atoms with Crippen LogP contribution in [0.4, 0.5) is 0 Å². The number of hydrogen-bond acceptors (Lipinski definition) is 6. The number of aromatic nitrogens is 1. The molecular weight excluding hydrogens is 258 g/mol. The van der Waals surface area contributed by atoms with Gasteiger partial charge in [-0.25, -0.2) is 4.79 Å². The van der Waals surface area contributed by atoms with Crippen molar-refractivity contribution in [2.24, 2.45) is 0 Å². The minimum absolute atomic E-state index is 0.0653. The molecule has 1 unspecified atom stereocenters. The first kappa shape index (κ1) is 14.6. The van der Waals surface area contributed by atoms with Crippen molar-refractivity contribution in [2.75, 3.05) is 0 Å². The third kappa shape index (κ3) is 4.36. The molecule has 8 heteroatoms. The Bertz CT molecular complexity index is 487. The van der Waals surface area contributed by atoms with Crippen molar-refractivity contribution < 1.29 is 34.4 Å². The van der Waals surface area contributed by atoms with Gasteiger partial charge in [0.05, 0.1) is 19.0 Å². The lowest BCUT2D eigenvalue weighted by atomic mass is 9.96. The van der Waals surface area contributed by atoms with Crippen LogP contribution in [0, 0.1) is 0 Å². The lowest BCUT2D eigenvalue weighted by Gasteiger charge is -2.19. The first-order valence-electron chi connectivity index (χ1n) is 5.12. The van der Waals surface area contributed by atoms with E-state index in [1.54, 1.807) is 0 Å². The van der Waals surface area contributed by atoms with Gasteiger partial charge in [0.25, 0.3) is 0 Å². The van der Waals surface area contributed by atoms with Gasteiger partial charge < -0.3 is 20.1 Å². The van der Waals surface area contributed by atoms with Crippen molar-refractivity contribution in [3.8, 4) is 5.75 Å². The van der Waals surface area contributed by atoms with E-state index < -0.39 is 36.4 Å². The van der Waals surface area contributed by atoms with E-state index in [1.165, 1.54) is 24.5 Å². The smallest absolute Gasteiger partial charge is 0.336 e. The summed E-state index contributed by atoms with van der Waals surface area (Å²) in [4.78, 5) is 36.4. The standard InChI is InChI=1S/C11H11NO7/c13-8(14)4-11(18,10(16)17)5-9(15)19-7-2-1-3-12-6-7/h1-3,6,18H,4-5H2,(H,13,14)(H,16,17). The Morgan fingerprint density at radius 2 is 1.95 bits per heavy atom. The Hall–Kier alpha value is -2.48. The molecule has 0 saturated heterocycles. The number of carboxylic acids is 2. The van der Waals surface area contributed by atoms with Crippen LogP contribution in [-0.4, -0.2) is 43.8 Å². The number of hydrogen-bond donors (Lipinski definition) is 3. The third-order valence-electron chi connectivity index (χ3n) is 2.14. The molecule has 0 fully saturated rings. The van der Waals surface area contributed by atoms with Gasteiger partial charge in [0.2, 0.25) is 0 Å². The maximum absolute atomic E-state index is 11.4. The molecule has 1 rings (SSSR count). The van der Waals surface area contributed by atoms with Crippen molar-refractivity contribution in [3.63, 3.8) is 0 Å². The van der Waals surface area contributed by atoms with E-state index in [4.69, 9.17) is 14.9 Å². The molecule has 0 radical (unpaired) electrons. The maximum Gasteiger partial charge on any atom is 0.336 e. The van der Waals surface area contributed by atoms with E-state index in [0.29, 0.717) is 0 Å². The minimum atomic E-state index is -2.70. The van der Waals surface area contributed by atoms with Crippen molar-refractivity contribution >= 4 is 17.9 Å². The van der Waals surface area contributed by atoms with Crippen molar-refractivity contribution in [3.05, 3.63) is 24.5 Å². The van der Waals surface area contributed by atoms with Crippen molar-refractivity contribution in [2.45, 2.75) is 18.4 Å². The molecule has 3 N–H and O–H groups in total. The highest BCUT2D eigenvalue weighted by atomic mass is 16.5. The zero-order chi connectivity index (χ0) is 14.5. The number of esters is 1. The Labute approximate surface area is 107 Å². The number of carbonyl (C=O) groups excluding carboxylic acids is 1. The highest BCUT2D eigenvalue weighted by Crippen LogP contribution is 2.18. The fourth-order valence-corrected chi connectivity index (χ4v) is 1.28. The molecule has 0 aromatic carbocycles. The van der Waals surface area contributed by atoms with Gasteiger partial charge in [-0.2, -0.15) is 0 Å². The van der Waals surface area contributed by atoms with Gasteiger partial charge in [-0.1, -0.05) is 0 Å². The lowest BCUT2D eigenvalue weighted by Crippen LogP contribution is -2.43. The van der Waals surface area contributed by atoms with Crippen LogP contribution in [0.1, 0.15) is 12.8 Å². The van der Waals surface area contributed by atoms with Crippen LogP contribution < -0.4 is 4.74 Å². The van der Waals surface area contributed by atoms with Gasteiger partial charge in [-0.15, -0.1) is 0 Å². The third-order valence-corrected chi connectivity index (χ3v) is 2.14. The van der Waals surface area contributed by atoms with Crippen LogP contribution in [-0.2, 0) is 14.4 Å². The molecular formula is C11H11NO7. The largest absolute Gasteiger partial charge is 0.481 e. The first-order chi connectivity index (χ1) is 8.83. The van der Waals surface area contributed by atoms with E-state index in [1.807, 2.05) is 0 Å². The number of aliphatic hydroxyl groups is 1. The zero-order valence-corrected chi connectivity index (χ0v) is 9.65. The molecule has 1 aromatic heterocycles. The van der Waals surface area contributed by atoms with Crippen LogP contribution in [0.3, 0.4) is 0 Å². The summed E-state index contributed by atoms with van der Waals surface area (Å²) in [6.45, 7) is 0. The number of ether oxygens (including phenoxy) is 1. The SMILES string of the molecule is O=C(O)CC(O)(CC(=O)Oc1cccnc1)C(=O)O. The molecule has 0 saturated carbocycles. The minimum Gasteiger partial charge on any atom is -0.481 e. The molecule has 0 aliphatic heterocycles. The summed E-state index contributed by atoms with van der Waals surface area (Å²) in [6, 6.07) is 2.89. The number of carbonyl (C=O) groups is 3. The van der Waals surface area contributed by atoms with Crippen LogP contribution in [0.25, 0.3) is 0 Å². The van der Waals surface area contributed by atoms with Crippen LogP contribution in [0.2, 0.25) is 0 Å². The van der Waals surface area contributed by atoms with Gasteiger partial charge in [0.1, 0.15) is 5.75 Å². The van der Waals surface area contributed by atoms with Crippen LogP contribution in [0.5, 0.6) is 5.75 Å². The number of nitrogens with zero attached hydrogens (tertiary/aromatic N) is 1. The highest BCUT2D eigenvalue weighted by molar-refractivity contribution is 5.89. The maximum atomic E-state index is 11.4. The molecule has 0 aliphatic carbocycles. The normalized spacial score (nSPS) is 13.3. The van der Waals surface area contributed by atoms with Crippen molar-refractivity contribution in [1.82, 2.24) is 4.98 Å². The average Bonchev–Trinajstić information content (AvgIpc) is 2.28. The van der Waals surface area contributed by atoms with Gasteiger partial charge in [0, 0.05) is 6.20 Å². The molecule has 1 heterocycles. The van der Waals surface area contributed by atoms with E-state index in [0.717, 1.165) is 0 Å². The average molecular weight is 269 g/mol. The summed E-state index contributed by atoms with van der Waals surface area (Å²) in [5.41, 5.74) is -2.70. The summed E-state index contributed by atoms with van der Waals surface area (Å²) in [5, 5.41) is 26.9. The monoisotopic (exact) mass is 269 g/mol.